The Hall–Kier alpha value is -1.92. The second-order valence-electron chi connectivity index (χ2n) is 5.17. The summed E-state index contributed by atoms with van der Waals surface area (Å²) in [5, 5.41) is 7.12. The van der Waals surface area contributed by atoms with Crippen LogP contribution in [0.2, 0.25) is 0 Å². The van der Waals surface area contributed by atoms with Gasteiger partial charge in [0.15, 0.2) is 0 Å². The fraction of sp³-hybridized carbons (Fsp3) is 0.333. The van der Waals surface area contributed by atoms with Crippen LogP contribution < -0.4 is 4.74 Å². The van der Waals surface area contributed by atoms with Crippen LogP contribution in [0.5, 0.6) is 5.19 Å². The molecular weight excluding hydrogens is 286 g/mol. The molecule has 1 aliphatic rings. The largest absolute Gasteiger partial charge is 0.464 e. The molecular formula is C15H15N3O2S. The fourth-order valence-electron chi connectivity index (χ4n) is 2.47. The van der Waals surface area contributed by atoms with Crippen LogP contribution in [0.4, 0.5) is 0 Å². The topological polar surface area (TPSA) is 48.7 Å². The lowest BCUT2D eigenvalue weighted by atomic mass is 10.2. The Kier molecular flexibility index (Phi) is 3.12. The quantitative estimate of drug-likeness (QED) is 0.746. The van der Waals surface area contributed by atoms with E-state index < -0.39 is 0 Å². The molecule has 0 saturated carbocycles. The number of fused-ring (bicyclic) bond motifs is 1. The van der Waals surface area contributed by atoms with E-state index in [2.05, 4.69) is 22.2 Å². The van der Waals surface area contributed by atoms with Crippen LogP contribution in [0.25, 0.3) is 16.8 Å². The number of rotatable bonds is 3. The SMILES string of the molecule is Cc1cc2cc(-c3csc(OC4CCOC4)n3)ccn2n1. The summed E-state index contributed by atoms with van der Waals surface area (Å²) in [6.45, 7) is 3.43. The molecule has 0 bridgehead atoms. The highest BCUT2D eigenvalue weighted by Crippen LogP contribution is 2.28. The standard InChI is InChI=1S/C15H15N3O2S/c1-10-6-12-7-11(2-4-18(12)17-10)14-9-21-15(16-14)20-13-3-5-19-8-13/h2,4,6-7,9,13H,3,5,8H2,1H3. The first kappa shape index (κ1) is 12.8. The molecule has 5 nitrogen and oxygen atoms in total. The van der Waals surface area contributed by atoms with Crippen molar-refractivity contribution in [3.63, 3.8) is 0 Å². The monoisotopic (exact) mass is 301 g/mol. The molecule has 1 aliphatic heterocycles. The van der Waals surface area contributed by atoms with Gasteiger partial charge in [-0.25, -0.2) is 9.50 Å². The molecule has 4 heterocycles. The average molecular weight is 301 g/mol. The minimum Gasteiger partial charge on any atom is -0.464 e. The van der Waals surface area contributed by atoms with Gasteiger partial charge in [0.05, 0.1) is 30.1 Å². The summed E-state index contributed by atoms with van der Waals surface area (Å²) in [7, 11) is 0. The third kappa shape index (κ3) is 2.52. The molecule has 1 atom stereocenters. The molecule has 3 aromatic heterocycles. The number of nitrogens with zero attached hydrogens (tertiary/aromatic N) is 3. The lowest BCUT2D eigenvalue weighted by Crippen LogP contribution is -2.15. The number of hydrogen-bond acceptors (Lipinski definition) is 5. The molecule has 0 spiro atoms. The van der Waals surface area contributed by atoms with Gasteiger partial charge in [0.25, 0.3) is 5.19 Å². The molecule has 1 unspecified atom stereocenters. The van der Waals surface area contributed by atoms with Crippen molar-refractivity contribution in [2.75, 3.05) is 13.2 Å². The molecule has 1 saturated heterocycles. The van der Waals surface area contributed by atoms with Crippen molar-refractivity contribution in [2.24, 2.45) is 0 Å². The maximum Gasteiger partial charge on any atom is 0.274 e. The van der Waals surface area contributed by atoms with Crippen LogP contribution in [0.1, 0.15) is 12.1 Å². The number of ether oxygens (including phenoxy) is 2. The molecule has 0 radical (unpaired) electrons. The van der Waals surface area contributed by atoms with Gasteiger partial charge in [0.1, 0.15) is 6.10 Å². The number of hydrogen-bond donors (Lipinski definition) is 0. The average Bonchev–Trinajstić information content (AvgIpc) is 3.18. The summed E-state index contributed by atoms with van der Waals surface area (Å²) >= 11 is 1.53. The third-order valence-corrected chi connectivity index (χ3v) is 4.25. The lowest BCUT2D eigenvalue weighted by molar-refractivity contribution is 0.141. The van der Waals surface area contributed by atoms with E-state index in [1.54, 1.807) is 0 Å². The van der Waals surface area contributed by atoms with Gasteiger partial charge in [0.2, 0.25) is 0 Å². The minimum absolute atomic E-state index is 0.143. The summed E-state index contributed by atoms with van der Waals surface area (Å²) in [5.41, 5.74) is 4.10. The highest BCUT2D eigenvalue weighted by Gasteiger charge is 2.19. The Morgan fingerprint density at radius 3 is 3.24 bits per heavy atom. The molecule has 0 N–H and O–H groups in total. The van der Waals surface area contributed by atoms with E-state index in [-0.39, 0.29) is 6.10 Å². The van der Waals surface area contributed by atoms with Gasteiger partial charge in [-0.1, -0.05) is 11.3 Å². The molecule has 21 heavy (non-hydrogen) atoms. The Morgan fingerprint density at radius 2 is 2.38 bits per heavy atom. The van der Waals surface area contributed by atoms with Crippen molar-refractivity contribution in [2.45, 2.75) is 19.4 Å². The van der Waals surface area contributed by atoms with Crippen LogP contribution in [-0.2, 0) is 4.74 Å². The van der Waals surface area contributed by atoms with E-state index in [0.717, 1.165) is 35.5 Å². The summed E-state index contributed by atoms with van der Waals surface area (Å²) in [4.78, 5) is 4.57. The Labute approximate surface area is 126 Å². The Morgan fingerprint density at radius 1 is 1.43 bits per heavy atom. The van der Waals surface area contributed by atoms with E-state index in [4.69, 9.17) is 9.47 Å². The van der Waals surface area contributed by atoms with E-state index in [1.807, 2.05) is 29.1 Å². The summed E-state index contributed by atoms with van der Waals surface area (Å²) in [6, 6.07) is 6.18. The summed E-state index contributed by atoms with van der Waals surface area (Å²) in [6.07, 6.45) is 3.04. The number of thiazole rings is 1. The van der Waals surface area contributed by atoms with Crippen molar-refractivity contribution in [3.8, 4) is 16.5 Å². The van der Waals surface area contributed by atoms with E-state index in [9.17, 15) is 0 Å². The second-order valence-corrected chi connectivity index (χ2v) is 5.99. The highest BCUT2D eigenvalue weighted by atomic mass is 32.1. The van der Waals surface area contributed by atoms with Crippen LogP contribution >= 0.6 is 11.3 Å². The van der Waals surface area contributed by atoms with Crippen molar-refractivity contribution < 1.29 is 9.47 Å². The summed E-state index contributed by atoms with van der Waals surface area (Å²) in [5.74, 6) is 0. The third-order valence-electron chi connectivity index (χ3n) is 3.52. The van der Waals surface area contributed by atoms with Gasteiger partial charge >= 0.3 is 0 Å². The van der Waals surface area contributed by atoms with Gasteiger partial charge in [0, 0.05) is 23.6 Å². The zero-order chi connectivity index (χ0) is 14.2. The van der Waals surface area contributed by atoms with E-state index in [1.165, 1.54) is 11.3 Å². The van der Waals surface area contributed by atoms with Crippen molar-refractivity contribution in [3.05, 3.63) is 35.5 Å². The molecule has 6 heteroatoms. The van der Waals surface area contributed by atoms with Crippen LogP contribution in [-0.4, -0.2) is 33.9 Å². The smallest absolute Gasteiger partial charge is 0.274 e. The molecule has 4 rings (SSSR count). The maximum absolute atomic E-state index is 5.83. The first-order valence-electron chi connectivity index (χ1n) is 6.94. The number of aromatic nitrogens is 3. The Bertz CT molecular complexity index is 774. The second kappa shape index (κ2) is 5.13. The van der Waals surface area contributed by atoms with Crippen LogP contribution in [0.15, 0.2) is 29.8 Å². The van der Waals surface area contributed by atoms with Gasteiger partial charge in [-0.3, -0.25) is 0 Å². The number of aryl methyl sites for hydroxylation is 1. The zero-order valence-corrected chi connectivity index (χ0v) is 12.5. The van der Waals surface area contributed by atoms with E-state index >= 15 is 0 Å². The summed E-state index contributed by atoms with van der Waals surface area (Å²) < 4.78 is 13.0. The minimum atomic E-state index is 0.143. The van der Waals surface area contributed by atoms with Gasteiger partial charge in [-0.2, -0.15) is 5.10 Å². The lowest BCUT2D eigenvalue weighted by Gasteiger charge is -2.07. The van der Waals surface area contributed by atoms with Crippen molar-refractivity contribution in [1.82, 2.24) is 14.6 Å². The number of pyridine rings is 1. The van der Waals surface area contributed by atoms with Crippen molar-refractivity contribution in [1.29, 1.82) is 0 Å². The fourth-order valence-corrected chi connectivity index (χ4v) is 3.22. The highest BCUT2D eigenvalue weighted by molar-refractivity contribution is 7.11. The van der Waals surface area contributed by atoms with Crippen LogP contribution in [0, 0.1) is 6.92 Å². The van der Waals surface area contributed by atoms with Crippen LogP contribution in [0.3, 0.4) is 0 Å². The van der Waals surface area contributed by atoms with Gasteiger partial charge in [-0.15, -0.1) is 0 Å². The zero-order valence-electron chi connectivity index (χ0n) is 11.7. The molecule has 0 amide bonds. The maximum atomic E-state index is 5.83. The normalized spacial score (nSPS) is 18.4. The Balaban J connectivity index is 1.60. The molecule has 0 aliphatic carbocycles. The predicted molar refractivity (Wildman–Crippen MR) is 80.9 cm³/mol. The predicted octanol–water partition coefficient (Wildman–Crippen LogP) is 2.93. The van der Waals surface area contributed by atoms with Crippen molar-refractivity contribution >= 4 is 16.9 Å². The van der Waals surface area contributed by atoms with E-state index in [0.29, 0.717) is 11.8 Å². The molecule has 1 fully saturated rings. The van der Waals surface area contributed by atoms with Gasteiger partial charge in [-0.05, 0) is 25.1 Å². The van der Waals surface area contributed by atoms with Gasteiger partial charge < -0.3 is 9.47 Å². The molecule has 0 aromatic carbocycles. The first-order valence-corrected chi connectivity index (χ1v) is 7.82. The first-order chi connectivity index (χ1) is 10.3. The molecule has 108 valence electrons. The molecule has 3 aromatic rings.